The van der Waals surface area contributed by atoms with Gasteiger partial charge in [-0.2, -0.15) is 0 Å². The Labute approximate surface area is 123 Å². The van der Waals surface area contributed by atoms with Crippen LogP contribution in [0.2, 0.25) is 0 Å². The summed E-state index contributed by atoms with van der Waals surface area (Å²) in [5.74, 6) is 1.75. The number of fused-ring (bicyclic) bond motifs is 1. The first-order valence-electron chi connectivity index (χ1n) is 8.23. The van der Waals surface area contributed by atoms with Crippen LogP contribution in [0.25, 0.3) is 0 Å². The molecule has 3 rings (SSSR count). The zero-order chi connectivity index (χ0) is 14.1. The average molecular weight is 272 g/mol. The number of benzene rings is 1. The third-order valence-electron chi connectivity index (χ3n) is 5.42. The molecule has 1 N–H and O–H groups in total. The summed E-state index contributed by atoms with van der Waals surface area (Å²) in [6.07, 6.45) is 4.08. The van der Waals surface area contributed by atoms with Crippen LogP contribution in [-0.2, 0) is 6.54 Å². The molecule has 1 fully saturated rings. The second-order valence-electron chi connectivity index (χ2n) is 6.98. The predicted octanol–water partition coefficient (Wildman–Crippen LogP) is 3.81. The SMILES string of the molecule is CC1CN(C2CCC(C)C(C)C2)c2ccccc2CN1. The first kappa shape index (κ1) is 13.9. The van der Waals surface area contributed by atoms with E-state index in [-0.39, 0.29) is 0 Å². The Morgan fingerprint density at radius 1 is 1.05 bits per heavy atom. The van der Waals surface area contributed by atoms with E-state index in [1.807, 2.05) is 0 Å². The quantitative estimate of drug-likeness (QED) is 0.836. The lowest BCUT2D eigenvalue weighted by Crippen LogP contribution is -2.45. The maximum absolute atomic E-state index is 3.65. The molecule has 0 amide bonds. The maximum Gasteiger partial charge on any atom is 0.0414 e. The molecule has 0 radical (unpaired) electrons. The van der Waals surface area contributed by atoms with Crippen LogP contribution in [-0.4, -0.2) is 18.6 Å². The Morgan fingerprint density at radius 3 is 2.65 bits per heavy atom. The van der Waals surface area contributed by atoms with Crippen LogP contribution < -0.4 is 10.2 Å². The van der Waals surface area contributed by atoms with Gasteiger partial charge in [0, 0.05) is 30.9 Å². The summed E-state index contributed by atoms with van der Waals surface area (Å²) in [5, 5.41) is 3.65. The monoisotopic (exact) mass is 272 g/mol. The van der Waals surface area contributed by atoms with Gasteiger partial charge in [-0.05, 0) is 49.7 Å². The van der Waals surface area contributed by atoms with E-state index >= 15 is 0 Å². The van der Waals surface area contributed by atoms with Gasteiger partial charge in [-0.15, -0.1) is 0 Å². The molecule has 1 aliphatic carbocycles. The molecular formula is C18H28N2. The van der Waals surface area contributed by atoms with E-state index in [1.54, 1.807) is 0 Å². The van der Waals surface area contributed by atoms with Gasteiger partial charge in [-0.3, -0.25) is 0 Å². The molecule has 1 heterocycles. The number of para-hydroxylation sites is 1. The number of hydrogen-bond donors (Lipinski definition) is 1. The standard InChI is InChI=1S/C18H28N2/c1-13-8-9-17(10-14(13)2)20-12-15(3)19-11-16-6-4-5-7-18(16)20/h4-7,13-15,17,19H,8-12H2,1-3H3. The van der Waals surface area contributed by atoms with Crippen molar-refractivity contribution in [3.8, 4) is 0 Å². The summed E-state index contributed by atoms with van der Waals surface area (Å²) in [4.78, 5) is 2.70. The van der Waals surface area contributed by atoms with Gasteiger partial charge in [-0.25, -0.2) is 0 Å². The van der Waals surface area contributed by atoms with Gasteiger partial charge < -0.3 is 10.2 Å². The third kappa shape index (κ3) is 2.71. The van der Waals surface area contributed by atoms with Gasteiger partial charge in [0.15, 0.2) is 0 Å². The average Bonchev–Trinajstić information content (AvgIpc) is 2.62. The Kier molecular flexibility index (Phi) is 4.02. The van der Waals surface area contributed by atoms with E-state index in [9.17, 15) is 0 Å². The molecule has 0 saturated heterocycles. The highest BCUT2D eigenvalue weighted by molar-refractivity contribution is 5.55. The summed E-state index contributed by atoms with van der Waals surface area (Å²) in [6, 6.07) is 10.2. The molecule has 4 atom stereocenters. The first-order chi connectivity index (χ1) is 9.65. The lowest BCUT2D eigenvalue weighted by atomic mass is 9.78. The highest BCUT2D eigenvalue weighted by Gasteiger charge is 2.31. The summed E-state index contributed by atoms with van der Waals surface area (Å²) in [7, 11) is 0. The number of nitrogens with zero attached hydrogens (tertiary/aromatic N) is 1. The molecule has 2 nitrogen and oxygen atoms in total. The van der Waals surface area contributed by atoms with Crippen LogP contribution in [0.4, 0.5) is 5.69 Å². The number of nitrogens with one attached hydrogen (secondary N) is 1. The zero-order valence-electron chi connectivity index (χ0n) is 13.1. The lowest BCUT2D eigenvalue weighted by Gasteiger charge is -2.41. The van der Waals surface area contributed by atoms with Crippen LogP contribution in [0.3, 0.4) is 0 Å². The molecule has 0 aromatic heterocycles. The molecular weight excluding hydrogens is 244 g/mol. The summed E-state index contributed by atoms with van der Waals surface area (Å²) >= 11 is 0. The molecule has 1 aromatic rings. The number of rotatable bonds is 1. The second kappa shape index (κ2) is 5.77. The Bertz CT molecular complexity index is 456. The summed E-state index contributed by atoms with van der Waals surface area (Å²) < 4.78 is 0. The fourth-order valence-corrected chi connectivity index (χ4v) is 3.83. The molecule has 0 bridgehead atoms. The van der Waals surface area contributed by atoms with Crippen molar-refractivity contribution >= 4 is 5.69 Å². The summed E-state index contributed by atoms with van der Waals surface area (Å²) in [6.45, 7) is 9.31. The molecule has 1 saturated carbocycles. The van der Waals surface area contributed by atoms with E-state index < -0.39 is 0 Å². The highest BCUT2D eigenvalue weighted by atomic mass is 15.2. The van der Waals surface area contributed by atoms with Crippen molar-refractivity contribution in [1.29, 1.82) is 0 Å². The van der Waals surface area contributed by atoms with Crippen molar-refractivity contribution in [2.75, 3.05) is 11.4 Å². The third-order valence-corrected chi connectivity index (χ3v) is 5.42. The molecule has 1 aliphatic heterocycles. The topological polar surface area (TPSA) is 15.3 Å². The van der Waals surface area contributed by atoms with Crippen LogP contribution in [0.5, 0.6) is 0 Å². The van der Waals surface area contributed by atoms with Gasteiger partial charge in [0.1, 0.15) is 0 Å². The second-order valence-corrected chi connectivity index (χ2v) is 6.98. The van der Waals surface area contributed by atoms with Gasteiger partial charge in [0.25, 0.3) is 0 Å². The lowest BCUT2D eigenvalue weighted by molar-refractivity contribution is 0.242. The zero-order valence-corrected chi connectivity index (χ0v) is 13.1. The predicted molar refractivity (Wildman–Crippen MR) is 86.1 cm³/mol. The van der Waals surface area contributed by atoms with Crippen molar-refractivity contribution in [1.82, 2.24) is 5.32 Å². The largest absolute Gasteiger partial charge is 0.367 e. The van der Waals surface area contributed by atoms with Crippen LogP contribution in [0, 0.1) is 11.8 Å². The first-order valence-corrected chi connectivity index (χ1v) is 8.23. The van der Waals surface area contributed by atoms with Crippen molar-refractivity contribution in [3.05, 3.63) is 29.8 Å². The van der Waals surface area contributed by atoms with Crippen LogP contribution >= 0.6 is 0 Å². The van der Waals surface area contributed by atoms with Gasteiger partial charge in [0.05, 0.1) is 0 Å². The molecule has 1 aromatic carbocycles. The van der Waals surface area contributed by atoms with Gasteiger partial charge >= 0.3 is 0 Å². The van der Waals surface area contributed by atoms with Crippen molar-refractivity contribution in [3.63, 3.8) is 0 Å². The summed E-state index contributed by atoms with van der Waals surface area (Å²) in [5.41, 5.74) is 2.93. The molecule has 2 aliphatic rings. The molecule has 0 spiro atoms. The van der Waals surface area contributed by atoms with Crippen molar-refractivity contribution in [2.45, 2.75) is 58.7 Å². The minimum absolute atomic E-state index is 0.567. The number of anilines is 1. The van der Waals surface area contributed by atoms with E-state index in [0.29, 0.717) is 6.04 Å². The maximum atomic E-state index is 3.65. The molecule has 4 unspecified atom stereocenters. The van der Waals surface area contributed by atoms with E-state index in [0.717, 1.165) is 31.0 Å². The van der Waals surface area contributed by atoms with Gasteiger partial charge in [0.2, 0.25) is 0 Å². The van der Waals surface area contributed by atoms with E-state index in [1.165, 1.54) is 30.5 Å². The van der Waals surface area contributed by atoms with E-state index in [2.05, 4.69) is 55.3 Å². The van der Waals surface area contributed by atoms with Crippen molar-refractivity contribution in [2.24, 2.45) is 11.8 Å². The molecule has 110 valence electrons. The van der Waals surface area contributed by atoms with E-state index in [4.69, 9.17) is 0 Å². The fourth-order valence-electron chi connectivity index (χ4n) is 3.83. The fraction of sp³-hybridized carbons (Fsp3) is 0.667. The Balaban J connectivity index is 1.87. The van der Waals surface area contributed by atoms with Gasteiger partial charge in [-0.1, -0.05) is 32.0 Å². The number of hydrogen-bond acceptors (Lipinski definition) is 2. The normalized spacial score (nSPS) is 34.5. The minimum atomic E-state index is 0.567. The molecule has 2 heteroatoms. The highest BCUT2D eigenvalue weighted by Crippen LogP contribution is 2.36. The molecule has 20 heavy (non-hydrogen) atoms. The smallest absolute Gasteiger partial charge is 0.0414 e. The van der Waals surface area contributed by atoms with Crippen molar-refractivity contribution < 1.29 is 0 Å². The van der Waals surface area contributed by atoms with Crippen LogP contribution in [0.1, 0.15) is 45.6 Å². The Hall–Kier alpha value is -1.02. The van der Waals surface area contributed by atoms with Crippen LogP contribution in [0.15, 0.2) is 24.3 Å². The Morgan fingerprint density at radius 2 is 1.85 bits per heavy atom. The minimum Gasteiger partial charge on any atom is -0.367 e.